The second kappa shape index (κ2) is 9.35. The van der Waals surface area contributed by atoms with Gasteiger partial charge in [0.05, 0.1) is 5.69 Å². The summed E-state index contributed by atoms with van der Waals surface area (Å²) in [5.74, 6) is 1.78. The van der Waals surface area contributed by atoms with Gasteiger partial charge in [0.2, 0.25) is 5.91 Å². The molecule has 31 heavy (non-hydrogen) atoms. The van der Waals surface area contributed by atoms with E-state index in [0.29, 0.717) is 12.5 Å². The summed E-state index contributed by atoms with van der Waals surface area (Å²) in [7, 11) is 1.96. The van der Waals surface area contributed by atoms with Crippen molar-refractivity contribution in [2.24, 2.45) is 7.05 Å². The van der Waals surface area contributed by atoms with Crippen molar-refractivity contribution >= 4 is 5.91 Å². The minimum atomic E-state index is 0.161. The van der Waals surface area contributed by atoms with Crippen LogP contribution in [-0.2, 0) is 18.4 Å². The normalized spacial score (nSPS) is 16.2. The Morgan fingerprint density at radius 2 is 1.84 bits per heavy atom. The van der Waals surface area contributed by atoms with Crippen LogP contribution in [0.1, 0.15) is 32.3 Å². The zero-order valence-electron chi connectivity index (χ0n) is 18.4. The Morgan fingerprint density at radius 1 is 1.13 bits per heavy atom. The smallest absolute Gasteiger partial charge is 0.220 e. The highest BCUT2D eigenvalue weighted by Gasteiger charge is 2.25. The van der Waals surface area contributed by atoms with Crippen LogP contribution in [0.3, 0.4) is 0 Å². The number of para-hydroxylation sites is 1. The summed E-state index contributed by atoms with van der Waals surface area (Å²) in [5, 5.41) is 7.82. The van der Waals surface area contributed by atoms with Gasteiger partial charge in [-0.25, -0.2) is 0 Å². The standard InChI is InChI=1S/C25H30N4O2/c1-18(2)29(17-21-11-14-24(30)26-21)16-20-15-28(3)27-25(20)19-9-12-23(13-10-19)31-22-7-5-4-6-8-22/h4-10,12-13,15,18,21H,11,14,16-17H2,1-3H3,(H,26,30)/t21-/m1/s1. The van der Waals surface area contributed by atoms with Crippen LogP contribution in [0.15, 0.2) is 60.8 Å². The van der Waals surface area contributed by atoms with Crippen LogP contribution in [0.4, 0.5) is 0 Å². The Kier molecular flexibility index (Phi) is 6.37. The third-order valence-electron chi connectivity index (χ3n) is 5.65. The number of aryl methyl sites for hydroxylation is 1. The summed E-state index contributed by atoms with van der Waals surface area (Å²) in [6.07, 6.45) is 3.63. The third kappa shape index (κ3) is 5.33. The summed E-state index contributed by atoms with van der Waals surface area (Å²) in [5.41, 5.74) is 3.22. The van der Waals surface area contributed by atoms with Crippen molar-refractivity contribution in [1.29, 1.82) is 0 Å². The van der Waals surface area contributed by atoms with E-state index in [-0.39, 0.29) is 11.9 Å². The Morgan fingerprint density at radius 3 is 2.48 bits per heavy atom. The molecule has 1 aliphatic heterocycles. The molecule has 1 fully saturated rings. The van der Waals surface area contributed by atoms with Crippen LogP contribution >= 0.6 is 0 Å². The summed E-state index contributed by atoms with van der Waals surface area (Å²) in [6.45, 7) is 6.03. The van der Waals surface area contributed by atoms with Gasteiger partial charge in [0.1, 0.15) is 11.5 Å². The van der Waals surface area contributed by atoms with Gasteiger partial charge in [-0.3, -0.25) is 14.4 Å². The molecule has 2 aromatic carbocycles. The molecule has 0 saturated carbocycles. The molecular weight excluding hydrogens is 388 g/mol. The first-order valence-electron chi connectivity index (χ1n) is 10.9. The molecule has 1 aliphatic rings. The van der Waals surface area contributed by atoms with Crippen LogP contribution in [-0.4, -0.2) is 39.2 Å². The fraction of sp³-hybridized carbons (Fsp3) is 0.360. The van der Waals surface area contributed by atoms with Crippen molar-refractivity contribution < 1.29 is 9.53 Å². The predicted octanol–water partition coefficient (Wildman–Crippen LogP) is 4.37. The molecule has 1 aromatic heterocycles. The first kappa shape index (κ1) is 21.1. The number of aromatic nitrogens is 2. The van der Waals surface area contributed by atoms with Crippen molar-refractivity contribution in [3.05, 3.63) is 66.4 Å². The summed E-state index contributed by atoms with van der Waals surface area (Å²) < 4.78 is 7.79. The quantitative estimate of drug-likeness (QED) is 0.590. The zero-order valence-corrected chi connectivity index (χ0v) is 18.4. The highest BCUT2D eigenvalue weighted by atomic mass is 16.5. The number of nitrogens with zero attached hydrogens (tertiary/aromatic N) is 3. The van der Waals surface area contributed by atoms with E-state index in [9.17, 15) is 4.79 Å². The fourth-order valence-electron chi connectivity index (χ4n) is 3.98. The Hall–Kier alpha value is -3.12. The summed E-state index contributed by atoms with van der Waals surface area (Å²) >= 11 is 0. The highest BCUT2D eigenvalue weighted by molar-refractivity contribution is 5.78. The van der Waals surface area contributed by atoms with E-state index in [1.807, 2.05) is 54.2 Å². The van der Waals surface area contributed by atoms with E-state index in [2.05, 4.69) is 42.4 Å². The molecule has 0 spiro atoms. The molecule has 162 valence electrons. The lowest BCUT2D eigenvalue weighted by Gasteiger charge is -2.29. The van der Waals surface area contributed by atoms with Crippen LogP contribution in [0.25, 0.3) is 11.3 Å². The number of ether oxygens (including phenoxy) is 1. The molecule has 6 nitrogen and oxygen atoms in total. The molecule has 1 amide bonds. The fourth-order valence-corrected chi connectivity index (χ4v) is 3.98. The van der Waals surface area contributed by atoms with Gasteiger partial charge in [-0.1, -0.05) is 18.2 Å². The molecule has 0 unspecified atom stereocenters. The second-order valence-corrected chi connectivity index (χ2v) is 8.44. The van der Waals surface area contributed by atoms with Gasteiger partial charge in [-0.15, -0.1) is 0 Å². The maximum Gasteiger partial charge on any atom is 0.220 e. The number of nitrogens with one attached hydrogen (secondary N) is 1. The minimum absolute atomic E-state index is 0.161. The molecule has 0 bridgehead atoms. The number of carbonyl (C=O) groups is 1. The van der Waals surface area contributed by atoms with Crippen molar-refractivity contribution in [3.63, 3.8) is 0 Å². The largest absolute Gasteiger partial charge is 0.457 e. The first-order valence-corrected chi connectivity index (χ1v) is 10.9. The van der Waals surface area contributed by atoms with Gasteiger partial charge in [-0.2, -0.15) is 5.10 Å². The first-order chi connectivity index (χ1) is 15.0. The van der Waals surface area contributed by atoms with Gasteiger partial charge in [0.15, 0.2) is 0 Å². The number of amides is 1. The van der Waals surface area contributed by atoms with Gasteiger partial charge in [0.25, 0.3) is 0 Å². The predicted molar refractivity (Wildman–Crippen MR) is 122 cm³/mol. The number of carbonyl (C=O) groups excluding carboxylic acids is 1. The zero-order chi connectivity index (χ0) is 21.8. The van der Waals surface area contributed by atoms with E-state index in [1.165, 1.54) is 5.56 Å². The maximum atomic E-state index is 11.6. The van der Waals surface area contributed by atoms with E-state index in [4.69, 9.17) is 9.84 Å². The lowest BCUT2D eigenvalue weighted by atomic mass is 10.1. The topological polar surface area (TPSA) is 59.4 Å². The molecule has 6 heteroatoms. The second-order valence-electron chi connectivity index (χ2n) is 8.44. The van der Waals surface area contributed by atoms with Crippen LogP contribution < -0.4 is 10.1 Å². The van der Waals surface area contributed by atoms with E-state index in [1.54, 1.807) is 0 Å². The molecule has 4 rings (SSSR count). The van der Waals surface area contributed by atoms with Crippen LogP contribution in [0.2, 0.25) is 0 Å². The van der Waals surface area contributed by atoms with Gasteiger partial charge >= 0.3 is 0 Å². The highest BCUT2D eigenvalue weighted by Crippen LogP contribution is 2.28. The van der Waals surface area contributed by atoms with Gasteiger partial charge in [-0.05, 0) is 56.7 Å². The molecular formula is C25H30N4O2. The van der Waals surface area contributed by atoms with E-state index < -0.39 is 0 Å². The molecule has 0 radical (unpaired) electrons. The number of rotatable bonds is 8. The third-order valence-corrected chi connectivity index (χ3v) is 5.65. The summed E-state index contributed by atoms with van der Waals surface area (Å²) in [4.78, 5) is 14.0. The Balaban J connectivity index is 1.50. The number of benzene rings is 2. The van der Waals surface area contributed by atoms with Gasteiger partial charge in [0, 0.05) is 56.0 Å². The SMILES string of the molecule is CC(C)N(Cc1cn(C)nc1-c1ccc(Oc2ccccc2)cc1)C[C@H]1CCC(=O)N1. The van der Waals surface area contributed by atoms with Crippen LogP contribution in [0, 0.1) is 0 Å². The number of hydrogen-bond acceptors (Lipinski definition) is 4. The van der Waals surface area contributed by atoms with Crippen molar-refractivity contribution in [2.45, 2.75) is 45.3 Å². The van der Waals surface area contributed by atoms with E-state index >= 15 is 0 Å². The van der Waals surface area contributed by atoms with Crippen LogP contribution in [0.5, 0.6) is 11.5 Å². The maximum absolute atomic E-state index is 11.6. The Labute approximate surface area is 183 Å². The average Bonchev–Trinajstić information content (AvgIpc) is 3.33. The monoisotopic (exact) mass is 418 g/mol. The van der Waals surface area contributed by atoms with Crippen molar-refractivity contribution in [3.8, 4) is 22.8 Å². The molecule has 2 heterocycles. The minimum Gasteiger partial charge on any atom is -0.457 e. The van der Waals surface area contributed by atoms with Crippen molar-refractivity contribution in [2.75, 3.05) is 6.54 Å². The molecule has 0 aliphatic carbocycles. The lowest BCUT2D eigenvalue weighted by Crippen LogP contribution is -2.41. The average molecular weight is 419 g/mol. The van der Waals surface area contributed by atoms with E-state index in [0.717, 1.165) is 42.3 Å². The molecule has 1 saturated heterocycles. The Bertz CT molecular complexity index is 1010. The molecule has 1 N–H and O–H groups in total. The number of hydrogen-bond donors (Lipinski definition) is 1. The van der Waals surface area contributed by atoms with Crippen molar-refractivity contribution in [1.82, 2.24) is 20.0 Å². The molecule has 3 aromatic rings. The molecule has 1 atom stereocenters. The summed E-state index contributed by atoms with van der Waals surface area (Å²) in [6, 6.07) is 18.4. The van der Waals surface area contributed by atoms with Gasteiger partial charge < -0.3 is 10.1 Å². The lowest BCUT2D eigenvalue weighted by molar-refractivity contribution is -0.119.